The normalized spacial score (nSPS) is 36.6. The van der Waals surface area contributed by atoms with Crippen LogP contribution in [0, 0.1) is 5.41 Å². The SMILES string of the molecule is N=C1N=C2C(N=C(Br)N2[C@H]2C[C@H](O)[C@@H](CO)O2)C(=O)N1. The van der Waals surface area contributed by atoms with Crippen molar-refractivity contribution in [2.75, 3.05) is 6.61 Å². The lowest BCUT2D eigenvalue weighted by Crippen LogP contribution is -2.51. The van der Waals surface area contributed by atoms with Gasteiger partial charge >= 0.3 is 0 Å². The van der Waals surface area contributed by atoms with E-state index in [4.69, 9.17) is 15.3 Å². The van der Waals surface area contributed by atoms with Crippen molar-refractivity contribution in [3.63, 3.8) is 0 Å². The summed E-state index contributed by atoms with van der Waals surface area (Å²) >= 11 is 3.23. The largest absolute Gasteiger partial charge is 0.394 e. The zero-order valence-corrected chi connectivity index (χ0v) is 11.7. The van der Waals surface area contributed by atoms with Crippen LogP contribution >= 0.6 is 15.9 Å². The number of hydrogen-bond acceptors (Lipinski definition) is 7. The first kappa shape index (κ1) is 13.6. The zero-order valence-electron chi connectivity index (χ0n) is 10.2. The Balaban J connectivity index is 1.89. The van der Waals surface area contributed by atoms with Crippen LogP contribution in [0.1, 0.15) is 6.42 Å². The first-order valence-corrected chi connectivity index (χ1v) is 6.75. The number of ether oxygens (including phenoxy) is 1. The molecule has 0 aromatic rings. The summed E-state index contributed by atoms with van der Waals surface area (Å²) in [5.74, 6) is -0.418. The van der Waals surface area contributed by atoms with E-state index in [0.29, 0.717) is 4.74 Å². The number of rotatable bonds is 2. The molecule has 3 aliphatic rings. The van der Waals surface area contributed by atoms with E-state index in [0.717, 1.165) is 0 Å². The van der Waals surface area contributed by atoms with E-state index in [1.165, 1.54) is 4.90 Å². The summed E-state index contributed by atoms with van der Waals surface area (Å²) in [6.45, 7) is -0.299. The standard InChI is InChI=1S/C10H12BrN5O4/c11-9-13-6-7(14-10(12)15-8(6)19)16(9)5-1-3(18)4(2-17)20-5/h3-6,17-18H,1-2H2,(H2,12,15,19)/t3-,4+,5+,6?/m0/s1. The highest BCUT2D eigenvalue weighted by molar-refractivity contribution is 9.18. The molecule has 4 N–H and O–H groups in total. The molecule has 1 saturated heterocycles. The van der Waals surface area contributed by atoms with E-state index >= 15 is 0 Å². The highest BCUT2D eigenvalue weighted by Crippen LogP contribution is 2.29. The van der Waals surface area contributed by atoms with Crippen molar-refractivity contribution in [2.24, 2.45) is 9.98 Å². The average Bonchev–Trinajstić information content (AvgIpc) is 2.89. The molecule has 20 heavy (non-hydrogen) atoms. The van der Waals surface area contributed by atoms with Crippen molar-refractivity contribution in [3.05, 3.63) is 0 Å². The lowest BCUT2D eigenvalue weighted by atomic mass is 10.1. The second kappa shape index (κ2) is 4.88. The number of halogens is 1. The number of aliphatic hydroxyl groups is 2. The van der Waals surface area contributed by atoms with Gasteiger partial charge in [0.05, 0.1) is 12.7 Å². The van der Waals surface area contributed by atoms with E-state index < -0.39 is 30.4 Å². The summed E-state index contributed by atoms with van der Waals surface area (Å²) in [6, 6.07) is -0.826. The highest BCUT2D eigenvalue weighted by atomic mass is 79.9. The van der Waals surface area contributed by atoms with Crippen LogP contribution in [0.5, 0.6) is 0 Å². The smallest absolute Gasteiger partial charge is 0.259 e. The van der Waals surface area contributed by atoms with Crippen LogP contribution in [0.15, 0.2) is 9.98 Å². The van der Waals surface area contributed by atoms with Gasteiger partial charge in [0.2, 0.25) is 5.96 Å². The van der Waals surface area contributed by atoms with Gasteiger partial charge in [-0.3, -0.25) is 20.4 Å². The molecule has 1 amide bonds. The van der Waals surface area contributed by atoms with Gasteiger partial charge in [-0.25, -0.2) is 4.99 Å². The summed E-state index contributed by atoms with van der Waals surface area (Å²) in [5.41, 5.74) is 0. The number of fused-ring (bicyclic) bond motifs is 1. The first-order valence-electron chi connectivity index (χ1n) is 5.96. The molecule has 0 radical (unpaired) electrons. The number of aliphatic imine (C=N–C) groups is 2. The maximum atomic E-state index is 11.8. The van der Waals surface area contributed by atoms with Crippen molar-refractivity contribution in [1.29, 1.82) is 5.41 Å². The summed E-state index contributed by atoms with van der Waals surface area (Å²) < 4.78 is 5.88. The fourth-order valence-corrected chi connectivity index (χ4v) is 2.99. The summed E-state index contributed by atoms with van der Waals surface area (Å²) in [6.07, 6.45) is -1.84. The van der Waals surface area contributed by atoms with Gasteiger partial charge in [-0.15, -0.1) is 0 Å². The van der Waals surface area contributed by atoms with E-state index in [-0.39, 0.29) is 24.8 Å². The molecule has 3 aliphatic heterocycles. The third-order valence-electron chi connectivity index (χ3n) is 3.31. The molecule has 108 valence electrons. The molecule has 9 nitrogen and oxygen atoms in total. The minimum Gasteiger partial charge on any atom is -0.394 e. The zero-order chi connectivity index (χ0) is 14.4. The molecule has 0 aromatic carbocycles. The van der Waals surface area contributed by atoms with E-state index in [1.54, 1.807) is 0 Å². The number of amidine groups is 2. The predicted molar refractivity (Wildman–Crippen MR) is 71.7 cm³/mol. The van der Waals surface area contributed by atoms with Crippen LogP contribution in [0.2, 0.25) is 0 Å². The van der Waals surface area contributed by atoms with Gasteiger partial charge in [0.1, 0.15) is 12.3 Å². The predicted octanol–water partition coefficient (Wildman–Crippen LogP) is -1.65. The number of carbonyl (C=O) groups is 1. The Hall–Kier alpha value is -1.36. The van der Waals surface area contributed by atoms with Crippen molar-refractivity contribution in [3.8, 4) is 0 Å². The molecule has 0 aromatic heterocycles. The lowest BCUT2D eigenvalue weighted by molar-refractivity contribution is -0.119. The maximum absolute atomic E-state index is 11.8. The van der Waals surface area contributed by atoms with Gasteiger partial charge in [-0.1, -0.05) is 0 Å². The van der Waals surface area contributed by atoms with Crippen LogP contribution < -0.4 is 5.32 Å². The molecular weight excluding hydrogens is 334 g/mol. The molecular formula is C10H12BrN5O4. The molecule has 0 saturated carbocycles. The molecule has 4 atom stereocenters. The van der Waals surface area contributed by atoms with Gasteiger partial charge in [0.25, 0.3) is 5.91 Å². The maximum Gasteiger partial charge on any atom is 0.259 e. The number of nitrogens with zero attached hydrogens (tertiary/aromatic N) is 3. The number of amides is 1. The fourth-order valence-electron chi connectivity index (χ4n) is 2.37. The highest BCUT2D eigenvalue weighted by Gasteiger charge is 2.47. The van der Waals surface area contributed by atoms with Crippen molar-refractivity contribution in [1.82, 2.24) is 10.2 Å². The lowest BCUT2D eigenvalue weighted by Gasteiger charge is -2.27. The molecule has 0 bridgehead atoms. The van der Waals surface area contributed by atoms with Crippen LogP contribution in [0.25, 0.3) is 0 Å². The molecule has 10 heteroatoms. The summed E-state index contributed by atoms with van der Waals surface area (Å²) in [5, 5.41) is 28.6. The second-order valence-corrected chi connectivity index (χ2v) is 5.30. The number of nitrogens with one attached hydrogen (secondary N) is 2. The Morgan fingerprint density at radius 1 is 1.60 bits per heavy atom. The number of carbonyl (C=O) groups excluding carboxylic acids is 1. The molecule has 3 rings (SSSR count). The monoisotopic (exact) mass is 345 g/mol. The van der Waals surface area contributed by atoms with Crippen LogP contribution in [0.4, 0.5) is 0 Å². The minimum atomic E-state index is -0.826. The third kappa shape index (κ3) is 2.04. The van der Waals surface area contributed by atoms with Crippen LogP contribution in [-0.4, -0.2) is 68.6 Å². The van der Waals surface area contributed by atoms with Gasteiger partial charge in [-0.05, 0) is 15.9 Å². The number of hydrogen-bond donors (Lipinski definition) is 4. The second-order valence-electron chi connectivity index (χ2n) is 4.59. The fraction of sp³-hybridized carbons (Fsp3) is 0.600. The van der Waals surface area contributed by atoms with Crippen LogP contribution in [-0.2, 0) is 9.53 Å². The van der Waals surface area contributed by atoms with Gasteiger partial charge in [0, 0.05) is 6.42 Å². The van der Waals surface area contributed by atoms with Crippen molar-refractivity contribution in [2.45, 2.75) is 30.9 Å². The Morgan fingerprint density at radius 2 is 2.35 bits per heavy atom. The molecule has 3 heterocycles. The van der Waals surface area contributed by atoms with Gasteiger partial charge in [0.15, 0.2) is 16.6 Å². The number of guanidine groups is 1. The van der Waals surface area contributed by atoms with E-state index in [2.05, 4.69) is 31.2 Å². The van der Waals surface area contributed by atoms with Crippen molar-refractivity contribution < 1.29 is 19.7 Å². The quantitative estimate of drug-likeness (QED) is 0.445. The summed E-state index contributed by atoms with van der Waals surface area (Å²) in [4.78, 5) is 21.4. The Bertz CT molecular complexity index is 536. The topological polar surface area (TPSA) is 131 Å². The van der Waals surface area contributed by atoms with Gasteiger partial charge in [-0.2, -0.15) is 4.99 Å². The molecule has 0 aliphatic carbocycles. The first-order chi connectivity index (χ1) is 9.51. The van der Waals surface area contributed by atoms with Crippen LogP contribution in [0.3, 0.4) is 0 Å². The average molecular weight is 346 g/mol. The number of aliphatic hydroxyl groups excluding tert-OH is 2. The molecule has 1 fully saturated rings. The Kier molecular flexibility index (Phi) is 3.32. The Morgan fingerprint density at radius 3 is 3.00 bits per heavy atom. The Labute approximate surface area is 122 Å². The molecule has 0 spiro atoms. The van der Waals surface area contributed by atoms with Crippen molar-refractivity contribution >= 4 is 38.4 Å². The molecule has 1 unspecified atom stereocenters. The third-order valence-corrected chi connectivity index (χ3v) is 3.90. The van der Waals surface area contributed by atoms with Gasteiger partial charge < -0.3 is 14.9 Å². The summed E-state index contributed by atoms with van der Waals surface area (Å²) in [7, 11) is 0. The van der Waals surface area contributed by atoms with E-state index in [9.17, 15) is 9.90 Å². The minimum absolute atomic E-state index is 0.247. The van der Waals surface area contributed by atoms with E-state index in [1.807, 2.05) is 0 Å².